The second kappa shape index (κ2) is 3.70. The highest BCUT2D eigenvalue weighted by atomic mass is 79.9. The lowest BCUT2D eigenvalue weighted by atomic mass is 10.1. The Morgan fingerprint density at radius 2 is 1.87 bits per heavy atom. The molecule has 1 aromatic carbocycles. The fourth-order valence-electron chi connectivity index (χ4n) is 1.52. The predicted molar refractivity (Wildman–Crippen MR) is 65.5 cm³/mol. The number of nitrogens with zero attached hydrogens (tertiary/aromatic N) is 2. The molecular formula is C11H12BrN3. The fraction of sp³-hybridized carbons (Fsp3) is 0.182. The molecule has 78 valence electrons. The number of benzene rings is 1. The zero-order chi connectivity index (χ0) is 11.0. The molecule has 0 radical (unpaired) electrons. The Hall–Kier alpha value is -1.29. The second-order valence-corrected chi connectivity index (χ2v) is 4.41. The van der Waals surface area contributed by atoms with Gasteiger partial charge < -0.3 is 5.73 Å². The summed E-state index contributed by atoms with van der Waals surface area (Å²) in [6.45, 7) is 1.99. The quantitative estimate of drug-likeness (QED) is 0.862. The van der Waals surface area contributed by atoms with Gasteiger partial charge in [0, 0.05) is 22.6 Å². The van der Waals surface area contributed by atoms with Crippen LogP contribution in [0, 0.1) is 6.92 Å². The van der Waals surface area contributed by atoms with Crippen LogP contribution in [0.5, 0.6) is 0 Å². The van der Waals surface area contributed by atoms with Crippen LogP contribution in [-0.4, -0.2) is 9.78 Å². The number of rotatable bonds is 1. The van der Waals surface area contributed by atoms with Gasteiger partial charge in [-0.2, -0.15) is 5.10 Å². The summed E-state index contributed by atoms with van der Waals surface area (Å²) < 4.78 is 2.76. The van der Waals surface area contributed by atoms with Gasteiger partial charge >= 0.3 is 0 Å². The Labute approximate surface area is 97.0 Å². The Balaban J connectivity index is 2.54. The molecular weight excluding hydrogens is 254 g/mol. The number of nitrogen functional groups attached to an aromatic ring is 1. The van der Waals surface area contributed by atoms with Gasteiger partial charge in [0.2, 0.25) is 0 Å². The third-order valence-corrected chi connectivity index (χ3v) is 2.98. The lowest BCUT2D eigenvalue weighted by molar-refractivity contribution is 0.782. The maximum Gasteiger partial charge on any atom is 0.124 e. The van der Waals surface area contributed by atoms with Crippen LogP contribution < -0.4 is 5.73 Å². The van der Waals surface area contributed by atoms with Gasteiger partial charge in [-0.05, 0) is 19.1 Å². The number of hydrogen-bond acceptors (Lipinski definition) is 2. The number of hydrogen-bond donors (Lipinski definition) is 1. The van der Waals surface area contributed by atoms with Gasteiger partial charge in [0.05, 0.1) is 5.69 Å². The Morgan fingerprint density at radius 3 is 2.33 bits per heavy atom. The summed E-state index contributed by atoms with van der Waals surface area (Å²) in [4.78, 5) is 0. The molecule has 0 aliphatic heterocycles. The molecule has 4 heteroatoms. The van der Waals surface area contributed by atoms with Crippen LogP contribution in [0.1, 0.15) is 5.56 Å². The zero-order valence-corrected chi connectivity index (χ0v) is 10.2. The average molecular weight is 266 g/mol. The van der Waals surface area contributed by atoms with Crippen molar-refractivity contribution >= 4 is 21.7 Å². The van der Waals surface area contributed by atoms with Gasteiger partial charge in [0.15, 0.2) is 0 Å². The van der Waals surface area contributed by atoms with E-state index in [1.807, 2.05) is 38.2 Å². The third-order valence-electron chi connectivity index (χ3n) is 2.46. The van der Waals surface area contributed by atoms with Gasteiger partial charge in [0.25, 0.3) is 0 Å². The molecule has 2 rings (SSSR count). The molecule has 15 heavy (non-hydrogen) atoms. The first-order valence-electron chi connectivity index (χ1n) is 4.64. The maximum atomic E-state index is 5.86. The highest BCUT2D eigenvalue weighted by Crippen LogP contribution is 2.26. The summed E-state index contributed by atoms with van der Waals surface area (Å²) in [5.74, 6) is 0.716. The molecule has 0 atom stereocenters. The van der Waals surface area contributed by atoms with Crippen molar-refractivity contribution in [2.75, 3.05) is 5.73 Å². The number of anilines is 1. The summed E-state index contributed by atoms with van der Waals surface area (Å²) >= 11 is 3.41. The Morgan fingerprint density at radius 1 is 1.27 bits per heavy atom. The Kier molecular flexibility index (Phi) is 2.52. The van der Waals surface area contributed by atoms with Crippen LogP contribution in [0.4, 0.5) is 5.82 Å². The first kappa shape index (κ1) is 10.2. The maximum absolute atomic E-state index is 5.86. The lowest BCUT2D eigenvalue weighted by Gasteiger charge is -1.98. The van der Waals surface area contributed by atoms with Crippen molar-refractivity contribution in [3.05, 3.63) is 34.3 Å². The van der Waals surface area contributed by atoms with E-state index < -0.39 is 0 Å². The summed E-state index contributed by atoms with van der Waals surface area (Å²) in [5.41, 5.74) is 8.92. The predicted octanol–water partition coefficient (Wildman–Crippen LogP) is 2.74. The van der Waals surface area contributed by atoms with Crippen molar-refractivity contribution in [2.45, 2.75) is 6.92 Å². The monoisotopic (exact) mass is 265 g/mol. The van der Waals surface area contributed by atoms with Crippen molar-refractivity contribution < 1.29 is 0 Å². The van der Waals surface area contributed by atoms with Gasteiger partial charge in [-0.1, -0.05) is 28.1 Å². The molecule has 0 aliphatic rings. The van der Waals surface area contributed by atoms with Crippen molar-refractivity contribution in [2.24, 2.45) is 7.05 Å². The standard InChI is InChI=1S/C11H12BrN3/c1-7-10(14-15(2)11(7)13)8-3-5-9(12)6-4-8/h3-6H,13H2,1-2H3. The topological polar surface area (TPSA) is 43.8 Å². The minimum absolute atomic E-state index is 0.716. The van der Waals surface area contributed by atoms with Crippen LogP contribution in [0.3, 0.4) is 0 Å². The number of aryl methyl sites for hydroxylation is 1. The molecule has 0 fully saturated rings. The third kappa shape index (κ3) is 1.77. The summed E-state index contributed by atoms with van der Waals surface area (Å²) in [6.07, 6.45) is 0. The van der Waals surface area contributed by atoms with Crippen LogP contribution in [-0.2, 0) is 7.05 Å². The van der Waals surface area contributed by atoms with E-state index in [1.165, 1.54) is 0 Å². The van der Waals surface area contributed by atoms with E-state index in [0.29, 0.717) is 5.82 Å². The zero-order valence-electron chi connectivity index (χ0n) is 8.66. The molecule has 0 saturated heterocycles. The second-order valence-electron chi connectivity index (χ2n) is 3.49. The van der Waals surface area contributed by atoms with Crippen molar-refractivity contribution in [1.82, 2.24) is 9.78 Å². The van der Waals surface area contributed by atoms with Gasteiger partial charge in [-0.15, -0.1) is 0 Å². The van der Waals surface area contributed by atoms with Crippen LogP contribution >= 0.6 is 15.9 Å². The van der Waals surface area contributed by atoms with Crippen molar-refractivity contribution in [1.29, 1.82) is 0 Å². The van der Waals surface area contributed by atoms with E-state index in [4.69, 9.17) is 5.73 Å². The van der Waals surface area contributed by atoms with Crippen LogP contribution in [0.25, 0.3) is 11.3 Å². The Bertz CT molecular complexity index is 485. The highest BCUT2D eigenvalue weighted by Gasteiger charge is 2.10. The number of halogens is 1. The first-order valence-corrected chi connectivity index (χ1v) is 5.44. The van der Waals surface area contributed by atoms with Crippen molar-refractivity contribution in [3.63, 3.8) is 0 Å². The summed E-state index contributed by atoms with van der Waals surface area (Å²) in [6, 6.07) is 8.05. The molecule has 3 nitrogen and oxygen atoms in total. The molecule has 2 N–H and O–H groups in total. The molecule has 1 heterocycles. The molecule has 2 aromatic rings. The minimum atomic E-state index is 0.716. The van der Waals surface area contributed by atoms with Crippen LogP contribution in [0.2, 0.25) is 0 Å². The first-order chi connectivity index (χ1) is 7.09. The molecule has 0 saturated carbocycles. The number of aromatic nitrogens is 2. The van der Waals surface area contributed by atoms with E-state index >= 15 is 0 Å². The fourth-order valence-corrected chi connectivity index (χ4v) is 1.79. The molecule has 0 aliphatic carbocycles. The van der Waals surface area contributed by atoms with E-state index in [0.717, 1.165) is 21.3 Å². The van der Waals surface area contributed by atoms with E-state index in [1.54, 1.807) is 4.68 Å². The molecule has 0 bridgehead atoms. The largest absolute Gasteiger partial charge is 0.384 e. The highest BCUT2D eigenvalue weighted by molar-refractivity contribution is 9.10. The minimum Gasteiger partial charge on any atom is -0.384 e. The van der Waals surface area contributed by atoms with Gasteiger partial charge in [-0.3, -0.25) is 4.68 Å². The van der Waals surface area contributed by atoms with Crippen molar-refractivity contribution in [3.8, 4) is 11.3 Å². The molecule has 0 spiro atoms. The summed E-state index contributed by atoms with van der Waals surface area (Å²) in [5, 5.41) is 4.39. The average Bonchev–Trinajstić information content (AvgIpc) is 2.47. The van der Waals surface area contributed by atoms with E-state index in [-0.39, 0.29) is 0 Å². The SMILES string of the molecule is Cc1c(-c2ccc(Br)cc2)nn(C)c1N. The van der Waals surface area contributed by atoms with Crippen LogP contribution in [0.15, 0.2) is 28.7 Å². The molecule has 0 unspecified atom stereocenters. The smallest absolute Gasteiger partial charge is 0.124 e. The van der Waals surface area contributed by atoms with Gasteiger partial charge in [-0.25, -0.2) is 0 Å². The summed E-state index contributed by atoms with van der Waals surface area (Å²) in [7, 11) is 1.85. The van der Waals surface area contributed by atoms with E-state index in [2.05, 4.69) is 21.0 Å². The molecule has 0 amide bonds. The van der Waals surface area contributed by atoms with E-state index in [9.17, 15) is 0 Å². The normalized spacial score (nSPS) is 10.6. The number of nitrogens with two attached hydrogens (primary N) is 1. The van der Waals surface area contributed by atoms with Gasteiger partial charge in [0.1, 0.15) is 5.82 Å². The molecule has 1 aromatic heterocycles. The lowest BCUT2D eigenvalue weighted by Crippen LogP contribution is -1.97.